The normalized spacial score (nSPS) is 12.8. The van der Waals surface area contributed by atoms with E-state index in [1.54, 1.807) is 0 Å². The second-order valence-corrected chi connectivity index (χ2v) is 6.63. The van der Waals surface area contributed by atoms with Crippen LogP contribution in [-0.2, 0) is 4.79 Å². The van der Waals surface area contributed by atoms with Crippen molar-refractivity contribution in [3.63, 3.8) is 0 Å². The third-order valence-corrected chi connectivity index (χ3v) is 4.44. The van der Waals surface area contributed by atoms with Gasteiger partial charge in [-0.3, -0.25) is 4.79 Å². The Morgan fingerprint density at radius 1 is 0.870 bits per heavy atom. The summed E-state index contributed by atoms with van der Waals surface area (Å²) in [4.78, 5) is 11.2. The third kappa shape index (κ3) is 15.8. The van der Waals surface area contributed by atoms with E-state index in [1.807, 2.05) is 0 Å². The number of hydrogen-bond donors (Lipinski definition) is 2. The van der Waals surface area contributed by atoms with Gasteiger partial charge in [-0.2, -0.15) is 0 Å². The predicted octanol–water partition coefficient (Wildman–Crippen LogP) is 5.12. The van der Waals surface area contributed by atoms with E-state index in [2.05, 4.69) is 19.1 Å². The summed E-state index contributed by atoms with van der Waals surface area (Å²) in [5.41, 5.74) is 5.32. The second kappa shape index (κ2) is 17.5. The van der Waals surface area contributed by atoms with Crippen molar-refractivity contribution in [1.82, 2.24) is 0 Å². The average molecular weight is 326 g/mol. The first-order valence-corrected chi connectivity index (χ1v) is 9.77. The van der Waals surface area contributed by atoms with Crippen molar-refractivity contribution in [2.45, 2.75) is 96.8 Å². The van der Waals surface area contributed by atoms with Crippen LogP contribution in [0.3, 0.4) is 0 Å². The molecule has 1 atom stereocenters. The van der Waals surface area contributed by atoms with Crippen molar-refractivity contribution in [2.75, 3.05) is 6.61 Å². The molecule has 0 aromatic rings. The minimum absolute atomic E-state index is 0.0526. The van der Waals surface area contributed by atoms with Crippen molar-refractivity contribution in [1.29, 1.82) is 0 Å². The monoisotopic (exact) mass is 325 g/mol. The number of unbranched alkanes of at least 4 members (excludes halogenated alkanes) is 10. The van der Waals surface area contributed by atoms with E-state index in [1.165, 1.54) is 64.2 Å². The summed E-state index contributed by atoms with van der Waals surface area (Å²) in [6.45, 7) is 2.31. The first kappa shape index (κ1) is 22.2. The van der Waals surface area contributed by atoms with Crippen LogP contribution in [0.1, 0.15) is 96.8 Å². The molecule has 0 saturated heterocycles. The Labute approximate surface area is 143 Å². The summed E-state index contributed by atoms with van der Waals surface area (Å²) < 4.78 is 0. The summed E-state index contributed by atoms with van der Waals surface area (Å²) in [7, 11) is 0. The van der Waals surface area contributed by atoms with Crippen molar-refractivity contribution < 1.29 is 9.90 Å². The van der Waals surface area contributed by atoms with Gasteiger partial charge in [0, 0.05) is 12.5 Å². The zero-order chi connectivity index (χ0) is 17.2. The highest BCUT2D eigenvalue weighted by atomic mass is 16.3. The third-order valence-electron chi connectivity index (χ3n) is 4.44. The highest BCUT2D eigenvalue weighted by Crippen LogP contribution is 2.14. The number of aliphatic hydroxyl groups excluding tert-OH is 1. The highest BCUT2D eigenvalue weighted by molar-refractivity contribution is 5.76. The van der Waals surface area contributed by atoms with E-state index < -0.39 is 0 Å². The van der Waals surface area contributed by atoms with Crippen LogP contribution in [0.4, 0.5) is 0 Å². The Morgan fingerprint density at radius 2 is 1.39 bits per heavy atom. The van der Waals surface area contributed by atoms with Crippen LogP contribution in [0.15, 0.2) is 12.2 Å². The molecule has 0 spiro atoms. The molecule has 0 bridgehead atoms. The maximum atomic E-state index is 11.2. The van der Waals surface area contributed by atoms with Gasteiger partial charge in [0.2, 0.25) is 5.91 Å². The molecule has 0 rings (SSSR count). The van der Waals surface area contributed by atoms with Gasteiger partial charge < -0.3 is 10.8 Å². The molecule has 0 aromatic heterocycles. The number of aliphatic hydroxyl groups is 1. The van der Waals surface area contributed by atoms with E-state index in [0.29, 0.717) is 6.42 Å². The maximum absolute atomic E-state index is 11.2. The highest BCUT2D eigenvalue weighted by Gasteiger charge is 2.13. The van der Waals surface area contributed by atoms with Crippen molar-refractivity contribution >= 4 is 5.91 Å². The standard InChI is InChI=1S/C20H39NO2/c1-2-3-4-5-6-7-8-9-10-11-12-13-14-15-16-19(17-18-22)20(21)23/h9-10,19,22H,2-8,11-18H2,1H3,(H2,21,23). The molecule has 3 N–H and O–H groups in total. The molecular formula is C20H39NO2. The number of hydrogen-bond acceptors (Lipinski definition) is 2. The molecular weight excluding hydrogens is 286 g/mol. The molecule has 0 aliphatic heterocycles. The number of carbonyl (C=O) groups excluding carboxylic acids is 1. The summed E-state index contributed by atoms with van der Waals surface area (Å²) in [6, 6.07) is 0. The lowest BCUT2D eigenvalue weighted by Crippen LogP contribution is -2.24. The molecule has 0 aliphatic rings. The van der Waals surface area contributed by atoms with E-state index in [9.17, 15) is 4.79 Å². The minimum atomic E-state index is -0.267. The zero-order valence-electron chi connectivity index (χ0n) is 15.3. The van der Waals surface area contributed by atoms with E-state index in [4.69, 9.17) is 10.8 Å². The lowest BCUT2D eigenvalue weighted by Gasteiger charge is -2.10. The summed E-state index contributed by atoms with van der Waals surface area (Å²) >= 11 is 0. The average Bonchev–Trinajstić information content (AvgIpc) is 2.54. The van der Waals surface area contributed by atoms with Crippen LogP contribution in [0.2, 0.25) is 0 Å². The molecule has 23 heavy (non-hydrogen) atoms. The van der Waals surface area contributed by atoms with E-state index in [-0.39, 0.29) is 18.4 Å². The molecule has 0 aliphatic carbocycles. The van der Waals surface area contributed by atoms with Crippen LogP contribution >= 0.6 is 0 Å². The van der Waals surface area contributed by atoms with Gasteiger partial charge in [0.05, 0.1) is 0 Å². The van der Waals surface area contributed by atoms with E-state index >= 15 is 0 Å². The number of primary amides is 1. The van der Waals surface area contributed by atoms with Crippen LogP contribution in [0.5, 0.6) is 0 Å². The predicted molar refractivity (Wildman–Crippen MR) is 99.2 cm³/mol. The molecule has 3 nitrogen and oxygen atoms in total. The molecule has 1 unspecified atom stereocenters. The SMILES string of the molecule is CCCCCCCCC=CCCCCCCC(CCO)C(N)=O. The number of nitrogens with two attached hydrogens (primary N) is 1. The summed E-state index contributed by atoms with van der Waals surface area (Å²) in [5.74, 6) is -0.408. The Hall–Kier alpha value is -0.830. The minimum Gasteiger partial charge on any atom is -0.396 e. The molecule has 3 heteroatoms. The fourth-order valence-corrected chi connectivity index (χ4v) is 2.87. The second-order valence-electron chi connectivity index (χ2n) is 6.63. The van der Waals surface area contributed by atoms with Gasteiger partial charge in [0.15, 0.2) is 0 Å². The first-order valence-electron chi connectivity index (χ1n) is 9.77. The van der Waals surface area contributed by atoms with Gasteiger partial charge in [-0.15, -0.1) is 0 Å². The number of carbonyl (C=O) groups is 1. The molecule has 0 aromatic carbocycles. The summed E-state index contributed by atoms with van der Waals surface area (Å²) in [5, 5.41) is 8.89. The van der Waals surface area contributed by atoms with Crippen LogP contribution < -0.4 is 5.73 Å². The summed E-state index contributed by atoms with van der Waals surface area (Å²) in [6.07, 6.45) is 21.2. The largest absolute Gasteiger partial charge is 0.396 e. The Kier molecular flexibility index (Phi) is 16.9. The molecule has 0 fully saturated rings. The fraction of sp³-hybridized carbons (Fsp3) is 0.850. The topological polar surface area (TPSA) is 63.3 Å². The van der Waals surface area contributed by atoms with Crippen molar-refractivity contribution in [3.05, 3.63) is 12.2 Å². The molecule has 1 amide bonds. The number of allylic oxidation sites excluding steroid dienone is 2. The van der Waals surface area contributed by atoms with Crippen LogP contribution in [0, 0.1) is 5.92 Å². The van der Waals surface area contributed by atoms with Gasteiger partial charge in [-0.25, -0.2) is 0 Å². The van der Waals surface area contributed by atoms with Crippen LogP contribution in [0.25, 0.3) is 0 Å². The lowest BCUT2D eigenvalue weighted by atomic mass is 9.97. The van der Waals surface area contributed by atoms with E-state index in [0.717, 1.165) is 19.3 Å². The quantitative estimate of drug-likeness (QED) is 0.288. The van der Waals surface area contributed by atoms with Crippen LogP contribution in [-0.4, -0.2) is 17.6 Å². The molecule has 0 heterocycles. The molecule has 0 saturated carbocycles. The Morgan fingerprint density at radius 3 is 1.91 bits per heavy atom. The van der Waals surface area contributed by atoms with Gasteiger partial charge in [0.25, 0.3) is 0 Å². The Balaban J connectivity index is 3.32. The van der Waals surface area contributed by atoms with Crippen molar-refractivity contribution in [3.8, 4) is 0 Å². The first-order chi connectivity index (χ1) is 11.2. The molecule has 0 radical (unpaired) electrons. The van der Waals surface area contributed by atoms with Crippen molar-refractivity contribution in [2.24, 2.45) is 11.7 Å². The van der Waals surface area contributed by atoms with Gasteiger partial charge in [-0.1, -0.05) is 70.4 Å². The van der Waals surface area contributed by atoms with Gasteiger partial charge in [0.1, 0.15) is 0 Å². The van der Waals surface area contributed by atoms with Gasteiger partial charge in [-0.05, 0) is 38.5 Å². The Bertz CT molecular complexity index is 289. The smallest absolute Gasteiger partial charge is 0.220 e. The fourth-order valence-electron chi connectivity index (χ4n) is 2.87. The lowest BCUT2D eigenvalue weighted by molar-refractivity contribution is -0.122. The zero-order valence-corrected chi connectivity index (χ0v) is 15.3. The van der Waals surface area contributed by atoms with Gasteiger partial charge >= 0.3 is 0 Å². The maximum Gasteiger partial charge on any atom is 0.220 e. The molecule has 136 valence electrons. The number of amides is 1. The number of rotatable bonds is 17.